The van der Waals surface area contributed by atoms with E-state index in [1.54, 1.807) is 30.5 Å². The van der Waals surface area contributed by atoms with E-state index in [4.69, 9.17) is 4.74 Å². The van der Waals surface area contributed by atoms with E-state index in [9.17, 15) is 18.0 Å². The topological polar surface area (TPSA) is 105 Å². The fourth-order valence-corrected chi connectivity index (χ4v) is 3.57. The summed E-state index contributed by atoms with van der Waals surface area (Å²) in [4.78, 5) is 26.3. The monoisotopic (exact) mass is 386 g/mol. The molecule has 0 bridgehead atoms. The second-order valence-corrected chi connectivity index (χ2v) is 7.59. The van der Waals surface area contributed by atoms with Gasteiger partial charge in [-0.05, 0) is 35.0 Å². The Hall–Kier alpha value is -2.97. The van der Waals surface area contributed by atoms with Gasteiger partial charge in [0.2, 0.25) is 15.8 Å². The number of nitrogens with one attached hydrogen (secondary N) is 2. The number of fused-ring (bicyclic) bond motifs is 1. The third-order valence-electron chi connectivity index (χ3n) is 3.92. The molecule has 3 aromatic rings. The molecule has 0 unspecified atom stereocenters. The molecule has 2 aromatic carbocycles. The van der Waals surface area contributed by atoms with Gasteiger partial charge in [0.05, 0.1) is 17.0 Å². The summed E-state index contributed by atoms with van der Waals surface area (Å²) < 4.78 is 31.9. The molecule has 0 radical (unpaired) electrons. The van der Waals surface area contributed by atoms with Crippen molar-refractivity contribution in [2.24, 2.45) is 0 Å². The number of ketones is 1. The van der Waals surface area contributed by atoms with Gasteiger partial charge >= 0.3 is 5.97 Å². The number of Topliss-reactive ketones (excluding diaryl/α,β-unsaturated/α-hetero) is 1. The number of ether oxygens (including phenoxy) is 1. The summed E-state index contributed by atoms with van der Waals surface area (Å²) in [5, 5.41) is 1.74. The molecule has 140 valence electrons. The standard InChI is InChI=1S/C19H18N2O5S/c22-18(17-6-3-10-20-17)13-26-19(23)9-11-21-27(24,25)16-8-7-14-4-1-2-5-15(14)12-16/h1-8,10,12,20-21H,9,11,13H2. The molecule has 0 amide bonds. The molecule has 7 nitrogen and oxygen atoms in total. The quantitative estimate of drug-likeness (QED) is 0.456. The fourth-order valence-electron chi connectivity index (χ4n) is 2.51. The minimum Gasteiger partial charge on any atom is -0.457 e. The normalized spacial score (nSPS) is 11.4. The summed E-state index contributed by atoms with van der Waals surface area (Å²) in [5.74, 6) is -1.01. The lowest BCUT2D eigenvalue weighted by Crippen LogP contribution is -2.27. The number of esters is 1. The van der Waals surface area contributed by atoms with Crippen LogP contribution in [0.1, 0.15) is 16.9 Å². The lowest BCUT2D eigenvalue weighted by atomic mass is 10.1. The zero-order valence-corrected chi connectivity index (χ0v) is 15.2. The summed E-state index contributed by atoms with van der Waals surface area (Å²) in [6, 6.07) is 15.5. The number of hydrogen-bond donors (Lipinski definition) is 2. The number of benzene rings is 2. The highest BCUT2D eigenvalue weighted by Gasteiger charge is 2.16. The highest BCUT2D eigenvalue weighted by Crippen LogP contribution is 2.18. The lowest BCUT2D eigenvalue weighted by Gasteiger charge is -2.08. The summed E-state index contributed by atoms with van der Waals surface area (Å²) in [6.07, 6.45) is 1.42. The largest absolute Gasteiger partial charge is 0.457 e. The SMILES string of the molecule is O=C(CCNS(=O)(=O)c1ccc2ccccc2c1)OCC(=O)c1ccc[nH]1. The fraction of sp³-hybridized carbons (Fsp3) is 0.158. The number of H-pyrrole nitrogens is 1. The summed E-state index contributed by atoms with van der Waals surface area (Å²) in [6.45, 7) is -0.512. The van der Waals surface area contributed by atoms with Gasteiger partial charge in [0.1, 0.15) is 0 Å². The van der Waals surface area contributed by atoms with E-state index in [-0.39, 0.29) is 23.6 Å². The van der Waals surface area contributed by atoms with Gasteiger partial charge in [-0.25, -0.2) is 13.1 Å². The Labute approximate surface area is 156 Å². The number of rotatable bonds is 8. The Kier molecular flexibility index (Phi) is 5.68. The molecule has 3 rings (SSSR count). The molecule has 27 heavy (non-hydrogen) atoms. The average molecular weight is 386 g/mol. The van der Waals surface area contributed by atoms with E-state index < -0.39 is 22.6 Å². The predicted octanol–water partition coefficient (Wildman–Crippen LogP) is 2.26. The number of aromatic nitrogens is 1. The van der Waals surface area contributed by atoms with Gasteiger partial charge in [-0.3, -0.25) is 9.59 Å². The van der Waals surface area contributed by atoms with Crippen LogP contribution in [-0.2, 0) is 19.6 Å². The Morgan fingerprint density at radius 1 is 1.00 bits per heavy atom. The minimum atomic E-state index is -3.74. The zero-order chi connectivity index (χ0) is 19.3. The molecule has 0 saturated heterocycles. The molecular weight excluding hydrogens is 368 g/mol. The van der Waals surface area contributed by atoms with E-state index in [2.05, 4.69) is 9.71 Å². The molecule has 8 heteroatoms. The molecule has 0 aliphatic carbocycles. The van der Waals surface area contributed by atoms with Crippen LogP contribution in [0.4, 0.5) is 0 Å². The van der Waals surface area contributed by atoms with Crippen molar-refractivity contribution in [3.63, 3.8) is 0 Å². The number of sulfonamides is 1. The summed E-state index contributed by atoms with van der Waals surface area (Å²) in [7, 11) is -3.74. The molecular formula is C19H18N2O5S. The number of hydrogen-bond acceptors (Lipinski definition) is 5. The van der Waals surface area contributed by atoms with Gasteiger partial charge in [-0.2, -0.15) is 0 Å². The van der Waals surface area contributed by atoms with Crippen molar-refractivity contribution in [2.75, 3.05) is 13.2 Å². The summed E-state index contributed by atoms with van der Waals surface area (Å²) in [5.41, 5.74) is 0.347. The van der Waals surface area contributed by atoms with Crippen molar-refractivity contribution in [1.82, 2.24) is 9.71 Å². The Morgan fingerprint density at radius 2 is 1.78 bits per heavy atom. The second-order valence-electron chi connectivity index (χ2n) is 5.82. The lowest BCUT2D eigenvalue weighted by molar-refractivity contribution is -0.142. The third kappa shape index (κ3) is 4.81. The van der Waals surface area contributed by atoms with Gasteiger partial charge in [-0.1, -0.05) is 30.3 Å². The molecule has 2 N–H and O–H groups in total. The second kappa shape index (κ2) is 8.15. The molecule has 0 aliphatic heterocycles. The predicted molar refractivity (Wildman–Crippen MR) is 99.8 cm³/mol. The van der Waals surface area contributed by atoms with Gasteiger partial charge in [0, 0.05) is 12.7 Å². The van der Waals surface area contributed by atoms with E-state index in [0.717, 1.165) is 10.8 Å². The molecule has 0 saturated carbocycles. The smallest absolute Gasteiger partial charge is 0.307 e. The molecule has 0 atom stereocenters. The molecule has 0 spiro atoms. The highest BCUT2D eigenvalue weighted by atomic mass is 32.2. The van der Waals surface area contributed by atoms with Crippen molar-refractivity contribution in [3.05, 3.63) is 66.5 Å². The molecule has 1 heterocycles. The van der Waals surface area contributed by atoms with Gasteiger partial charge in [0.15, 0.2) is 6.61 Å². The Morgan fingerprint density at radius 3 is 2.52 bits per heavy atom. The van der Waals surface area contributed by atoms with Crippen LogP contribution in [0.3, 0.4) is 0 Å². The van der Waals surface area contributed by atoms with Crippen LogP contribution in [0.15, 0.2) is 65.7 Å². The Balaban J connectivity index is 1.51. The molecule has 0 aliphatic rings. The van der Waals surface area contributed by atoms with Crippen LogP contribution in [0.2, 0.25) is 0 Å². The van der Waals surface area contributed by atoms with Crippen molar-refractivity contribution in [2.45, 2.75) is 11.3 Å². The van der Waals surface area contributed by atoms with Crippen LogP contribution < -0.4 is 4.72 Å². The van der Waals surface area contributed by atoms with Crippen LogP contribution >= 0.6 is 0 Å². The highest BCUT2D eigenvalue weighted by molar-refractivity contribution is 7.89. The van der Waals surface area contributed by atoms with Crippen LogP contribution in [0, 0.1) is 0 Å². The molecule has 1 aromatic heterocycles. The van der Waals surface area contributed by atoms with Crippen molar-refractivity contribution in [1.29, 1.82) is 0 Å². The zero-order valence-electron chi connectivity index (χ0n) is 14.3. The maximum Gasteiger partial charge on any atom is 0.307 e. The molecule has 0 fully saturated rings. The van der Waals surface area contributed by atoms with E-state index in [1.807, 2.05) is 24.3 Å². The van der Waals surface area contributed by atoms with Crippen molar-refractivity contribution < 1.29 is 22.7 Å². The first kappa shape index (κ1) is 18.8. The average Bonchev–Trinajstić information content (AvgIpc) is 3.20. The first-order valence-electron chi connectivity index (χ1n) is 8.26. The van der Waals surface area contributed by atoms with Crippen LogP contribution in [-0.4, -0.2) is 38.3 Å². The number of carbonyl (C=O) groups is 2. The first-order chi connectivity index (χ1) is 13.0. The van der Waals surface area contributed by atoms with E-state index in [1.165, 1.54) is 6.07 Å². The van der Waals surface area contributed by atoms with Crippen LogP contribution in [0.25, 0.3) is 10.8 Å². The van der Waals surface area contributed by atoms with Crippen molar-refractivity contribution >= 4 is 32.5 Å². The number of aromatic amines is 1. The van der Waals surface area contributed by atoms with Gasteiger partial charge in [-0.15, -0.1) is 0 Å². The first-order valence-corrected chi connectivity index (χ1v) is 9.75. The number of carbonyl (C=O) groups excluding carboxylic acids is 2. The van der Waals surface area contributed by atoms with Gasteiger partial charge in [0.25, 0.3) is 0 Å². The van der Waals surface area contributed by atoms with Crippen molar-refractivity contribution in [3.8, 4) is 0 Å². The summed E-state index contributed by atoms with van der Waals surface area (Å²) >= 11 is 0. The minimum absolute atomic E-state index is 0.120. The maximum absolute atomic E-state index is 12.4. The Bertz CT molecular complexity index is 1060. The maximum atomic E-state index is 12.4. The van der Waals surface area contributed by atoms with Crippen LogP contribution in [0.5, 0.6) is 0 Å². The van der Waals surface area contributed by atoms with E-state index >= 15 is 0 Å². The third-order valence-corrected chi connectivity index (χ3v) is 5.37. The van der Waals surface area contributed by atoms with E-state index in [0.29, 0.717) is 5.69 Å². The van der Waals surface area contributed by atoms with Gasteiger partial charge < -0.3 is 9.72 Å².